The average molecular weight is 393 g/mol. The van der Waals surface area contributed by atoms with Crippen LogP contribution >= 0.6 is 0 Å². The van der Waals surface area contributed by atoms with Gasteiger partial charge in [-0.05, 0) is 56.0 Å². The largest absolute Gasteiger partial charge is 0.324 e. The maximum Gasteiger partial charge on any atom is 0.277 e. The summed E-state index contributed by atoms with van der Waals surface area (Å²) in [5, 5.41) is 7.37. The van der Waals surface area contributed by atoms with Crippen LogP contribution in [0.2, 0.25) is 0 Å². The van der Waals surface area contributed by atoms with Gasteiger partial charge in [0.25, 0.3) is 5.56 Å². The van der Waals surface area contributed by atoms with Crippen LogP contribution in [0.5, 0.6) is 0 Å². The number of fused-ring (bicyclic) bond motifs is 2. The highest BCUT2D eigenvalue weighted by Gasteiger charge is 2.23. The first kappa shape index (κ1) is 18.4. The summed E-state index contributed by atoms with van der Waals surface area (Å²) in [6.07, 6.45) is 8.65. The topological polar surface area (TPSA) is 76.8 Å². The van der Waals surface area contributed by atoms with E-state index in [4.69, 9.17) is 4.98 Å². The van der Waals surface area contributed by atoms with Crippen LogP contribution in [0.4, 0.5) is 11.6 Å². The summed E-state index contributed by atoms with van der Waals surface area (Å²) in [6, 6.07) is 6.78. The molecule has 7 nitrogen and oxygen atoms in total. The van der Waals surface area contributed by atoms with Crippen LogP contribution < -0.4 is 16.2 Å². The Morgan fingerprint density at radius 3 is 2.90 bits per heavy atom. The zero-order chi connectivity index (χ0) is 19.8. The summed E-state index contributed by atoms with van der Waals surface area (Å²) in [6.45, 7) is 4.59. The molecule has 1 saturated carbocycles. The van der Waals surface area contributed by atoms with Gasteiger partial charge in [0.1, 0.15) is 5.39 Å². The molecule has 1 aliphatic carbocycles. The van der Waals surface area contributed by atoms with Crippen molar-refractivity contribution in [1.29, 1.82) is 0 Å². The van der Waals surface area contributed by atoms with Gasteiger partial charge in [-0.2, -0.15) is 4.98 Å². The normalized spacial score (nSPS) is 17.4. The fourth-order valence-electron chi connectivity index (χ4n) is 4.79. The molecule has 0 radical (unpaired) electrons. The lowest BCUT2D eigenvalue weighted by atomic mass is 9.96. The lowest BCUT2D eigenvalue weighted by Crippen LogP contribution is -2.26. The highest BCUT2D eigenvalue weighted by molar-refractivity contribution is 5.75. The van der Waals surface area contributed by atoms with Crippen molar-refractivity contribution in [3.63, 3.8) is 0 Å². The van der Waals surface area contributed by atoms with Crippen LogP contribution in [-0.4, -0.2) is 25.9 Å². The third-order valence-corrected chi connectivity index (χ3v) is 6.28. The van der Waals surface area contributed by atoms with Gasteiger partial charge in [0.15, 0.2) is 5.65 Å². The Morgan fingerprint density at radius 1 is 1.21 bits per heavy atom. The van der Waals surface area contributed by atoms with Crippen molar-refractivity contribution >= 4 is 22.7 Å². The molecule has 29 heavy (non-hydrogen) atoms. The minimum Gasteiger partial charge on any atom is -0.324 e. The Labute approximate surface area is 170 Å². The maximum atomic E-state index is 12.9. The minimum absolute atomic E-state index is 0.0134. The Hall–Kier alpha value is -2.67. The van der Waals surface area contributed by atoms with E-state index < -0.39 is 0 Å². The zero-order valence-corrected chi connectivity index (χ0v) is 16.9. The molecule has 0 bridgehead atoms. The van der Waals surface area contributed by atoms with Crippen LogP contribution in [0.3, 0.4) is 0 Å². The van der Waals surface area contributed by atoms with E-state index in [0.717, 1.165) is 43.7 Å². The van der Waals surface area contributed by atoms with E-state index in [1.54, 1.807) is 6.20 Å². The van der Waals surface area contributed by atoms with Crippen molar-refractivity contribution in [1.82, 2.24) is 24.6 Å². The SMILES string of the molecule is CCn1c(=O)c2cnc(Nc3ccc4c(c3)CNCC4)nc2n1C1CCCCC1. The first-order chi connectivity index (χ1) is 14.2. The molecule has 1 fully saturated rings. The second kappa shape index (κ2) is 7.63. The number of benzene rings is 1. The number of nitrogens with zero attached hydrogens (tertiary/aromatic N) is 4. The van der Waals surface area contributed by atoms with Gasteiger partial charge in [-0.1, -0.05) is 25.3 Å². The number of aromatic nitrogens is 4. The van der Waals surface area contributed by atoms with Crippen molar-refractivity contribution in [2.45, 2.75) is 64.6 Å². The lowest BCUT2D eigenvalue weighted by Gasteiger charge is -2.25. The van der Waals surface area contributed by atoms with Crippen molar-refractivity contribution in [3.05, 3.63) is 45.9 Å². The quantitative estimate of drug-likeness (QED) is 0.711. The van der Waals surface area contributed by atoms with Gasteiger partial charge in [-0.3, -0.25) is 9.48 Å². The molecular weight excluding hydrogens is 364 g/mol. The Bertz CT molecular complexity index is 1090. The average Bonchev–Trinajstić information content (AvgIpc) is 3.05. The first-order valence-corrected chi connectivity index (χ1v) is 10.8. The van der Waals surface area contributed by atoms with Crippen molar-refractivity contribution in [2.24, 2.45) is 0 Å². The van der Waals surface area contributed by atoms with Crippen LogP contribution in [0.1, 0.15) is 56.2 Å². The Morgan fingerprint density at radius 2 is 2.07 bits per heavy atom. The van der Waals surface area contributed by atoms with E-state index in [1.807, 2.05) is 11.6 Å². The standard InChI is InChI=1S/C22H28N6O/c1-2-27-21(29)19-14-24-22(26-20(19)28(27)18-6-4-3-5-7-18)25-17-9-8-15-10-11-23-13-16(15)12-17/h8-9,12,14,18,23H,2-7,10-11,13H2,1H3,(H,24,25,26). The second-order valence-electron chi connectivity index (χ2n) is 8.12. The van der Waals surface area contributed by atoms with Crippen molar-refractivity contribution in [3.8, 4) is 0 Å². The van der Waals surface area contributed by atoms with E-state index in [1.165, 1.54) is 30.4 Å². The minimum atomic E-state index is 0.0134. The molecule has 0 saturated heterocycles. The molecule has 3 aromatic rings. The maximum absolute atomic E-state index is 12.9. The predicted octanol–water partition coefficient (Wildman–Crippen LogP) is 3.51. The summed E-state index contributed by atoms with van der Waals surface area (Å²) in [5.41, 5.74) is 4.46. The Balaban J connectivity index is 1.53. The van der Waals surface area contributed by atoms with Gasteiger partial charge >= 0.3 is 0 Å². The molecule has 2 N–H and O–H groups in total. The number of rotatable bonds is 4. The molecule has 0 atom stereocenters. The molecule has 1 aromatic carbocycles. The van der Waals surface area contributed by atoms with Crippen LogP contribution in [0.25, 0.3) is 11.0 Å². The molecule has 2 aliphatic rings. The van der Waals surface area contributed by atoms with Crippen LogP contribution in [0.15, 0.2) is 29.2 Å². The monoisotopic (exact) mass is 392 g/mol. The summed E-state index contributed by atoms with van der Waals surface area (Å²) in [7, 11) is 0. The number of hydrogen-bond donors (Lipinski definition) is 2. The molecule has 0 spiro atoms. The Kier molecular flexibility index (Phi) is 4.83. The third-order valence-electron chi connectivity index (χ3n) is 6.28. The van der Waals surface area contributed by atoms with E-state index in [2.05, 4.69) is 38.5 Å². The first-order valence-electron chi connectivity index (χ1n) is 10.8. The molecule has 3 heterocycles. The van der Waals surface area contributed by atoms with E-state index in [0.29, 0.717) is 23.9 Å². The molecular formula is C22H28N6O. The second-order valence-corrected chi connectivity index (χ2v) is 8.12. The van der Waals surface area contributed by atoms with E-state index in [9.17, 15) is 4.79 Å². The molecule has 2 aromatic heterocycles. The fourth-order valence-corrected chi connectivity index (χ4v) is 4.79. The van der Waals surface area contributed by atoms with Crippen LogP contribution in [-0.2, 0) is 19.5 Å². The number of hydrogen-bond acceptors (Lipinski definition) is 5. The molecule has 0 unspecified atom stereocenters. The fraction of sp³-hybridized carbons (Fsp3) is 0.500. The molecule has 0 amide bonds. The van der Waals surface area contributed by atoms with Crippen molar-refractivity contribution < 1.29 is 0 Å². The number of anilines is 2. The van der Waals surface area contributed by atoms with Gasteiger partial charge < -0.3 is 10.6 Å². The summed E-state index contributed by atoms with van der Waals surface area (Å²) in [4.78, 5) is 22.1. The summed E-state index contributed by atoms with van der Waals surface area (Å²) < 4.78 is 3.98. The highest BCUT2D eigenvalue weighted by atomic mass is 16.1. The van der Waals surface area contributed by atoms with E-state index in [-0.39, 0.29) is 5.56 Å². The van der Waals surface area contributed by atoms with Gasteiger partial charge in [0, 0.05) is 25.0 Å². The summed E-state index contributed by atoms with van der Waals surface area (Å²) in [5.74, 6) is 0.541. The molecule has 1 aliphatic heterocycles. The molecule has 152 valence electrons. The number of nitrogens with one attached hydrogen (secondary N) is 2. The third kappa shape index (κ3) is 3.33. The van der Waals surface area contributed by atoms with Gasteiger partial charge in [0.2, 0.25) is 5.95 Å². The lowest BCUT2D eigenvalue weighted by molar-refractivity contribution is 0.295. The van der Waals surface area contributed by atoms with Crippen molar-refractivity contribution in [2.75, 3.05) is 11.9 Å². The molecule has 5 rings (SSSR count). The van der Waals surface area contributed by atoms with Gasteiger partial charge in [-0.15, -0.1) is 0 Å². The summed E-state index contributed by atoms with van der Waals surface area (Å²) >= 11 is 0. The predicted molar refractivity (Wildman–Crippen MR) is 115 cm³/mol. The zero-order valence-electron chi connectivity index (χ0n) is 16.9. The van der Waals surface area contributed by atoms with E-state index >= 15 is 0 Å². The smallest absolute Gasteiger partial charge is 0.277 e. The van der Waals surface area contributed by atoms with Crippen LogP contribution in [0, 0.1) is 0 Å². The highest BCUT2D eigenvalue weighted by Crippen LogP contribution is 2.30. The van der Waals surface area contributed by atoms with Gasteiger partial charge in [0.05, 0.1) is 6.04 Å². The van der Waals surface area contributed by atoms with Gasteiger partial charge in [-0.25, -0.2) is 9.67 Å². The molecule has 7 heteroatoms.